The van der Waals surface area contributed by atoms with Crippen molar-refractivity contribution in [3.63, 3.8) is 0 Å². The number of hydrogen-bond donors (Lipinski definition) is 2. The smallest absolute Gasteiger partial charge is 0.345 e. The van der Waals surface area contributed by atoms with Crippen molar-refractivity contribution in [2.45, 2.75) is 6.92 Å². The monoisotopic (exact) mass is 451 g/mol. The Kier molecular flexibility index (Phi) is 6.13. The summed E-state index contributed by atoms with van der Waals surface area (Å²) >= 11 is 0. The molecule has 25 heavy (non-hydrogen) atoms. The average Bonchev–Trinajstić information content (AvgIpc) is 2.99. The number of hydrogen-bond acceptors (Lipinski definition) is 4. The molecule has 0 radical (unpaired) electrons. The molecular weight excluding hydrogens is 433 g/mol. The number of aryl methyl sites for hydroxylation is 1. The molecule has 0 spiro atoms. The molecule has 2 heterocycles. The van der Waals surface area contributed by atoms with E-state index in [1.54, 1.807) is 31.5 Å². The molecule has 6 nitrogen and oxygen atoms in total. The van der Waals surface area contributed by atoms with Gasteiger partial charge in [-0.25, -0.2) is 14.3 Å². The zero-order valence-electron chi connectivity index (χ0n) is 13.9. The Morgan fingerprint density at radius 1 is 1.24 bits per heavy atom. The van der Waals surface area contributed by atoms with Crippen molar-refractivity contribution < 1.29 is 43.2 Å². The molecular formula is C18H18IN3O3. The van der Waals surface area contributed by atoms with Gasteiger partial charge in [0.15, 0.2) is 12.4 Å². The molecule has 7 heteroatoms. The first kappa shape index (κ1) is 18.9. The van der Waals surface area contributed by atoms with Crippen LogP contribution in [0.25, 0.3) is 22.4 Å². The third-order valence-corrected chi connectivity index (χ3v) is 3.59. The van der Waals surface area contributed by atoms with Gasteiger partial charge in [-0.05, 0) is 19.1 Å². The van der Waals surface area contributed by atoms with Crippen LogP contribution in [0.4, 0.5) is 0 Å². The lowest BCUT2D eigenvalue weighted by molar-refractivity contribution is -0.671. The Morgan fingerprint density at radius 2 is 1.92 bits per heavy atom. The molecule has 0 aliphatic rings. The van der Waals surface area contributed by atoms with Crippen LogP contribution in [-0.4, -0.2) is 27.7 Å². The highest BCUT2D eigenvalue weighted by atomic mass is 127. The molecule has 0 amide bonds. The maximum Gasteiger partial charge on any atom is 0.345 e. The van der Waals surface area contributed by atoms with Gasteiger partial charge in [0.25, 0.3) is 0 Å². The van der Waals surface area contributed by atoms with Gasteiger partial charge in [-0.15, -0.1) is 0 Å². The molecule has 0 atom stereocenters. The number of rotatable bonds is 4. The maximum absolute atomic E-state index is 12.4. The SMILES string of the molecule is CCOC(=O)/C(=C(\O)c1cc[n+](C)cc1)c1nc2ccccc2[nH]1.[I-]. The summed E-state index contributed by atoms with van der Waals surface area (Å²) < 4.78 is 6.93. The van der Waals surface area contributed by atoms with Crippen molar-refractivity contribution in [3.8, 4) is 0 Å². The number of para-hydroxylation sites is 2. The number of halogens is 1. The highest BCUT2D eigenvalue weighted by Crippen LogP contribution is 2.25. The minimum atomic E-state index is -0.623. The number of aromatic amines is 1. The van der Waals surface area contributed by atoms with E-state index < -0.39 is 5.97 Å². The molecule has 130 valence electrons. The molecule has 0 bridgehead atoms. The number of ether oxygens (including phenoxy) is 1. The van der Waals surface area contributed by atoms with E-state index in [0.29, 0.717) is 11.1 Å². The Morgan fingerprint density at radius 3 is 2.56 bits per heavy atom. The van der Waals surface area contributed by atoms with Crippen molar-refractivity contribution in [1.82, 2.24) is 9.97 Å². The summed E-state index contributed by atoms with van der Waals surface area (Å²) in [4.78, 5) is 19.9. The van der Waals surface area contributed by atoms with E-state index in [2.05, 4.69) is 9.97 Å². The number of fused-ring (bicyclic) bond motifs is 1. The van der Waals surface area contributed by atoms with E-state index in [4.69, 9.17) is 4.74 Å². The number of aliphatic hydroxyl groups excluding tert-OH is 1. The number of aliphatic hydroxyl groups is 1. The number of pyridine rings is 1. The van der Waals surface area contributed by atoms with Gasteiger partial charge < -0.3 is 38.8 Å². The average molecular weight is 451 g/mol. The Bertz CT molecular complexity index is 884. The number of benzene rings is 1. The van der Waals surface area contributed by atoms with Crippen LogP contribution in [0.5, 0.6) is 0 Å². The van der Waals surface area contributed by atoms with Crippen molar-refractivity contribution in [2.24, 2.45) is 7.05 Å². The van der Waals surface area contributed by atoms with Gasteiger partial charge >= 0.3 is 5.97 Å². The maximum atomic E-state index is 12.4. The standard InChI is InChI=1S/C18H17N3O3.HI/c1-3-24-18(23)15(16(22)12-8-10-21(2)11-9-12)17-19-13-6-4-5-7-14(13)20-17;/h4-11,22H,3H2,1-2H3;1H. The summed E-state index contributed by atoms with van der Waals surface area (Å²) in [5.41, 5.74) is 2.02. The minimum Gasteiger partial charge on any atom is -1.00 e. The number of nitrogens with one attached hydrogen (secondary N) is 1. The van der Waals surface area contributed by atoms with Crippen LogP contribution < -0.4 is 28.5 Å². The van der Waals surface area contributed by atoms with Crippen LogP contribution in [-0.2, 0) is 16.6 Å². The molecule has 1 aromatic carbocycles. The summed E-state index contributed by atoms with van der Waals surface area (Å²) in [6.07, 6.45) is 3.57. The predicted molar refractivity (Wildman–Crippen MR) is 89.8 cm³/mol. The Labute approximate surface area is 162 Å². The van der Waals surface area contributed by atoms with E-state index in [1.165, 1.54) is 0 Å². The van der Waals surface area contributed by atoms with E-state index in [-0.39, 0.29) is 47.7 Å². The summed E-state index contributed by atoms with van der Waals surface area (Å²) in [5, 5.41) is 10.7. The summed E-state index contributed by atoms with van der Waals surface area (Å²) in [6.45, 7) is 1.92. The molecule has 0 aliphatic carbocycles. The second kappa shape index (κ2) is 8.11. The van der Waals surface area contributed by atoms with Gasteiger partial charge in [-0.3, -0.25) is 0 Å². The van der Waals surface area contributed by atoms with Crippen molar-refractivity contribution in [3.05, 3.63) is 60.2 Å². The van der Waals surface area contributed by atoms with Gasteiger partial charge in [-0.1, -0.05) is 12.1 Å². The molecule has 0 saturated carbocycles. The largest absolute Gasteiger partial charge is 1.00 e. The summed E-state index contributed by atoms with van der Waals surface area (Å²) in [5.74, 6) is -0.518. The summed E-state index contributed by atoms with van der Waals surface area (Å²) in [7, 11) is 1.87. The molecule has 0 fully saturated rings. The lowest BCUT2D eigenvalue weighted by atomic mass is 10.1. The van der Waals surface area contributed by atoms with Crippen molar-refractivity contribution in [2.75, 3.05) is 6.61 Å². The fourth-order valence-electron chi connectivity index (χ4n) is 2.38. The Hall–Kier alpha value is -2.42. The normalized spacial score (nSPS) is 11.6. The Balaban J connectivity index is 0.00000225. The lowest BCUT2D eigenvalue weighted by Gasteiger charge is -2.08. The van der Waals surface area contributed by atoms with Crippen LogP contribution >= 0.6 is 0 Å². The molecule has 0 saturated heterocycles. The number of esters is 1. The molecule has 0 aliphatic heterocycles. The highest BCUT2D eigenvalue weighted by Gasteiger charge is 2.23. The van der Waals surface area contributed by atoms with E-state index in [9.17, 15) is 9.90 Å². The van der Waals surface area contributed by atoms with Gasteiger partial charge in [0, 0.05) is 17.7 Å². The van der Waals surface area contributed by atoms with Gasteiger partial charge in [0.2, 0.25) is 0 Å². The van der Waals surface area contributed by atoms with Gasteiger partial charge in [-0.2, -0.15) is 0 Å². The number of carbonyl (C=O) groups excluding carboxylic acids is 1. The highest BCUT2D eigenvalue weighted by molar-refractivity contribution is 6.22. The van der Waals surface area contributed by atoms with Crippen molar-refractivity contribution in [1.29, 1.82) is 0 Å². The second-order valence-corrected chi connectivity index (χ2v) is 5.30. The molecule has 3 aromatic rings. The number of imidazole rings is 1. The van der Waals surface area contributed by atoms with E-state index in [1.807, 2.05) is 35.9 Å². The predicted octanol–water partition coefficient (Wildman–Crippen LogP) is -0.619. The third-order valence-electron chi connectivity index (χ3n) is 3.59. The quantitative estimate of drug-likeness (QED) is 0.182. The fraction of sp³-hybridized carbons (Fsp3) is 0.167. The number of nitrogens with zero attached hydrogens (tertiary/aromatic N) is 2. The molecule has 3 rings (SSSR count). The van der Waals surface area contributed by atoms with Crippen molar-refractivity contribution >= 4 is 28.3 Å². The van der Waals surface area contributed by atoms with Crippen LogP contribution in [0.2, 0.25) is 0 Å². The number of aromatic nitrogens is 3. The third kappa shape index (κ3) is 3.98. The molecule has 2 aromatic heterocycles. The van der Waals surface area contributed by atoms with E-state index in [0.717, 1.165) is 5.52 Å². The first-order chi connectivity index (χ1) is 11.6. The second-order valence-electron chi connectivity index (χ2n) is 5.30. The number of H-pyrrole nitrogens is 1. The summed E-state index contributed by atoms with van der Waals surface area (Å²) in [6, 6.07) is 10.9. The first-order valence-corrected chi connectivity index (χ1v) is 7.61. The van der Waals surface area contributed by atoms with E-state index >= 15 is 0 Å². The lowest BCUT2D eigenvalue weighted by Crippen LogP contribution is -3.00. The molecule has 0 unspecified atom stereocenters. The van der Waals surface area contributed by atoms with Crippen LogP contribution in [0.3, 0.4) is 0 Å². The molecule has 2 N–H and O–H groups in total. The topological polar surface area (TPSA) is 79.1 Å². The number of carbonyl (C=O) groups is 1. The van der Waals surface area contributed by atoms with Crippen LogP contribution in [0.15, 0.2) is 48.8 Å². The zero-order chi connectivity index (χ0) is 17.1. The van der Waals surface area contributed by atoms with Crippen LogP contribution in [0.1, 0.15) is 18.3 Å². The zero-order valence-corrected chi connectivity index (χ0v) is 16.0. The first-order valence-electron chi connectivity index (χ1n) is 7.61. The van der Waals surface area contributed by atoms with Gasteiger partial charge in [0.1, 0.15) is 24.2 Å². The van der Waals surface area contributed by atoms with Gasteiger partial charge in [0.05, 0.1) is 17.6 Å². The minimum absolute atomic E-state index is 0. The fourth-order valence-corrected chi connectivity index (χ4v) is 2.38. The van der Waals surface area contributed by atoms with Crippen LogP contribution in [0, 0.1) is 0 Å².